The molecule has 1 heterocycles. The first kappa shape index (κ1) is 11.5. The number of halogens is 1. The summed E-state index contributed by atoms with van der Waals surface area (Å²) in [4.78, 5) is 0.393. The molecule has 2 rings (SSSR count). The minimum absolute atomic E-state index is 0.393. The summed E-state index contributed by atoms with van der Waals surface area (Å²) in [6.07, 6.45) is 3.73. The van der Waals surface area contributed by atoms with Crippen LogP contribution in [0.2, 0.25) is 0 Å². The predicted molar refractivity (Wildman–Crippen MR) is 76.9 cm³/mol. The van der Waals surface area contributed by atoms with E-state index in [1.807, 2.05) is 31.3 Å². The average Bonchev–Trinajstić information content (AvgIpc) is 2.64. The fraction of sp³-hybridized carbons (Fsp3) is 0.0909. The molecule has 1 aromatic heterocycles. The van der Waals surface area contributed by atoms with E-state index in [-0.39, 0.29) is 0 Å². The minimum atomic E-state index is 0.393. The summed E-state index contributed by atoms with van der Waals surface area (Å²) in [6.45, 7) is 2.01. The molecule has 0 spiro atoms. The molecule has 0 aliphatic rings. The highest BCUT2D eigenvalue weighted by Gasteiger charge is 2.08. The Bertz CT molecular complexity index is 548. The molecule has 82 valence electrons. The van der Waals surface area contributed by atoms with Crippen molar-refractivity contribution < 1.29 is 0 Å². The summed E-state index contributed by atoms with van der Waals surface area (Å²) in [6, 6.07) is 5.98. The zero-order chi connectivity index (χ0) is 11.7. The maximum atomic E-state index is 5.72. The van der Waals surface area contributed by atoms with Gasteiger partial charge in [-0.1, -0.05) is 23.8 Å². The first-order chi connectivity index (χ1) is 7.58. The Labute approximate surface area is 113 Å². The number of nitrogens with two attached hydrogens (primary N) is 1. The number of aromatic nitrogens is 2. The van der Waals surface area contributed by atoms with Crippen LogP contribution >= 0.6 is 34.8 Å². The van der Waals surface area contributed by atoms with E-state index in [1.54, 1.807) is 10.9 Å². The molecule has 16 heavy (non-hydrogen) atoms. The van der Waals surface area contributed by atoms with Crippen molar-refractivity contribution in [2.24, 2.45) is 5.73 Å². The van der Waals surface area contributed by atoms with Gasteiger partial charge in [0.2, 0.25) is 0 Å². The van der Waals surface area contributed by atoms with E-state index in [0.29, 0.717) is 4.99 Å². The highest BCUT2D eigenvalue weighted by atomic mass is 127. The van der Waals surface area contributed by atoms with Gasteiger partial charge in [-0.25, -0.2) is 4.68 Å². The Kier molecular flexibility index (Phi) is 3.25. The summed E-state index contributed by atoms with van der Waals surface area (Å²) < 4.78 is 2.86. The maximum Gasteiger partial charge on any atom is 0.106 e. The van der Waals surface area contributed by atoms with E-state index >= 15 is 0 Å². The number of aryl methyl sites for hydroxylation is 1. The molecular formula is C11H10IN3S. The van der Waals surface area contributed by atoms with Gasteiger partial charge in [0.15, 0.2) is 0 Å². The van der Waals surface area contributed by atoms with Crippen LogP contribution in [0.5, 0.6) is 0 Å². The number of benzene rings is 1. The molecule has 1 aromatic carbocycles. The van der Waals surface area contributed by atoms with Crippen molar-refractivity contribution in [3.05, 3.63) is 45.3 Å². The number of hydrogen-bond acceptors (Lipinski definition) is 2. The fourth-order valence-corrected chi connectivity index (χ4v) is 2.03. The van der Waals surface area contributed by atoms with Gasteiger partial charge in [-0.2, -0.15) is 5.10 Å². The molecule has 0 fully saturated rings. The SMILES string of the molecule is Cc1ccc(-n2cc(I)cn2)c(C(N)=S)c1. The fourth-order valence-electron chi connectivity index (χ4n) is 1.48. The van der Waals surface area contributed by atoms with Crippen molar-refractivity contribution in [1.82, 2.24) is 9.78 Å². The lowest BCUT2D eigenvalue weighted by Crippen LogP contribution is -2.14. The standard InChI is InChI=1S/C11H10IN3S/c1-7-2-3-10(9(4-7)11(13)16)15-6-8(12)5-14-15/h2-6H,1H3,(H2,13,16). The largest absolute Gasteiger partial charge is 0.389 e. The monoisotopic (exact) mass is 343 g/mol. The maximum absolute atomic E-state index is 5.72. The smallest absolute Gasteiger partial charge is 0.106 e. The summed E-state index contributed by atoms with van der Waals surface area (Å²) in [5.74, 6) is 0. The number of rotatable bonds is 2. The Morgan fingerprint density at radius 3 is 2.81 bits per heavy atom. The third kappa shape index (κ3) is 2.25. The van der Waals surface area contributed by atoms with Crippen LogP contribution in [0.15, 0.2) is 30.6 Å². The van der Waals surface area contributed by atoms with Crippen molar-refractivity contribution in [3.8, 4) is 5.69 Å². The second-order valence-corrected chi connectivity index (χ2v) is 5.17. The Morgan fingerprint density at radius 1 is 1.50 bits per heavy atom. The second-order valence-electron chi connectivity index (χ2n) is 3.49. The first-order valence-electron chi connectivity index (χ1n) is 4.69. The van der Waals surface area contributed by atoms with Gasteiger partial charge in [-0.15, -0.1) is 0 Å². The summed E-state index contributed by atoms with van der Waals surface area (Å²) in [5, 5.41) is 4.25. The van der Waals surface area contributed by atoms with E-state index < -0.39 is 0 Å². The van der Waals surface area contributed by atoms with Crippen molar-refractivity contribution in [2.45, 2.75) is 6.92 Å². The van der Waals surface area contributed by atoms with E-state index in [0.717, 1.165) is 20.4 Å². The van der Waals surface area contributed by atoms with Crippen LogP contribution < -0.4 is 5.73 Å². The average molecular weight is 343 g/mol. The molecule has 2 aromatic rings. The highest BCUT2D eigenvalue weighted by molar-refractivity contribution is 14.1. The van der Waals surface area contributed by atoms with Crippen molar-refractivity contribution in [3.63, 3.8) is 0 Å². The topological polar surface area (TPSA) is 43.8 Å². The normalized spacial score (nSPS) is 10.4. The van der Waals surface area contributed by atoms with Gasteiger partial charge in [0.1, 0.15) is 4.99 Å². The van der Waals surface area contributed by atoms with Crippen LogP contribution in [0.3, 0.4) is 0 Å². The van der Waals surface area contributed by atoms with E-state index in [4.69, 9.17) is 18.0 Å². The molecule has 0 aliphatic heterocycles. The number of nitrogens with zero attached hydrogens (tertiary/aromatic N) is 2. The van der Waals surface area contributed by atoms with Crippen LogP contribution in [0.25, 0.3) is 5.69 Å². The van der Waals surface area contributed by atoms with Crippen LogP contribution in [0.1, 0.15) is 11.1 Å². The molecule has 0 radical (unpaired) electrons. The third-order valence-corrected chi connectivity index (χ3v) is 2.99. The molecule has 0 saturated carbocycles. The Hall–Kier alpha value is -0.950. The Balaban J connectivity index is 2.60. The second kappa shape index (κ2) is 4.50. The summed E-state index contributed by atoms with van der Waals surface area (Å²) in [5.41, 5.74) is 8.62. The summed E-state index contributed by atoms with van der Waals surface area (Å²) in [7, 11) is 0. The van der Waals surface area contributed by atoms with Crippen molar-refractivity contribution >= 4 is 39.8 Å². The van der Waals surface area contributed by atoms with Gasteiger partial charge in [0.25, 0.3) is 0 Å². The molecule has 0 amide bonds. The van der Waals surface area contributed by atoms with Crippen LogP contribution in [0.4, 0.5) is 0 Å². The predicted octanol–water partition coefficient (Wildman–Crippen LogP) is 2.42. The van der Waals surface area contributed by atoms with Crippen LogP contribution in [-0.4, -0.2) is 14.8 Å². The van der Waals surface area contributed by atoms with Gasteiger partial charge < -0.3 is 5.73 Å². The lowest BCUT2D eigenvalue weighted by atomic mass is 10.1. The van der Waals surface area contributed by atoms with Crippen molar-refractivity contribution in [1.29, 1.82) is 0 Å². The van der Waals surface area contributed by atoms with Gasteiger partial charge in [0, 0.05) is 11.8 Å². The molecule has 0 aliphatic carbocycles. The summed E-state index contributed by atoms with van der Waals surface area (Å²) >= 11 is 7.27. The minimum Gasteiger partial charge on any atom is -0.389 e. The van der Waals surface area contributed by atoms with Crippen LogP contribution in [0, 0.1) is 10.5 Å². The number of thiocarbonyl (C=S) groups is 1. The lowest BCUT2D eigenvalue weighted by molar-refractivity contribution is 0.878. The van der Waals surface area contributed by atoms with E-state index in [9.17, 15) is 0 Å². The molecule has 0 bridgehead atoms. The molecular weight excluding hydrogens is 333 g/mol. The lowest BCUT2D eigenvalue weighted by Gasteiger charge is -2.09. The molecule has 3 nitrogen and oxygen atoms in total. The molecule has 2 N–H and O–H groups in total. The molecule has 5 heteroatoms. The first-order valence-corrected chi connectivity index (χ1v) is 6.17. The third-order valence-electron chi connectivity index (χ3n) is 2.22. The quantitative estimate of drug-likeness (QED) is 0.673. The molecule has 0 atom stereocenters. The van der Waals surface area contributed by atoms with Gasteiger partial charge in [0.05, 0.1) is 15.5 Å². The van der Waals surface area contributed by atoms with Gasteiger partial charge in [-0.3, -0.25) is 0 Å². The van der Waals surface area contributed by atoms with Crippen LogP contribution in [-0.2, 0) is 0 Å². The van der Waals surface area contributed by atoms with Crippen molar-refractivity contribution in [2.75, 3.05) is 0 Å². The van der Waals surface area contributed by atoms with Gasteiger partial charge in [-0.05, 0) is 41.6 Å². The zero-order valence-electron chi connectivity index (χ0n) is 8.64. The van der Waals surface area contributed by atoms with E-state index in [2.05, 4.69) is 27.7 Å². The highest BCUT2D eigenvalue weighted by Crippen LogP contribution is 2.17. The van der Waals surface area contributed by atoms with Gasteiger partial charge >= 0.3 is 0 Å². The zero-order valence-corrected chi connectivity index (χ0v) is 11.6. The molecule has 0 saturated heterocycles. The molecule has 0 unspecified atom stereocenters. The Morgan fingerprint density at radius 2 is 2.25 bits per heavy atom. The van der Waals surface area contributed by atoms with E-state index in [1.165, 1.54) is 0 Å². The number of hydrogen-bond donors (Lipinski definition) is 1.